The highest BCUT2D eigenvalue weighted by Gasteiger charge is 2.25. The summed E-state index contributed by atoms with van der Waals surface area (Å²) in [5.41, 5.74) is 2.23. The lowest BCUT2D eigenvalue weighted by molar-refractivity contribution is 0.0124. The summed E-state index contributed by atoms with van der Waals surface area (Å²) < 4.78 is 17.0. The summed E-state index contributed by atoms with van der Waals surface area (Å²) in [4.78, 5) is 7.18. The number of ether oxygens (including phenoxy) is 2. The largest absolute Gasteiger partial charge is 0.496 e. The molecule has 0 aliphatic carbocycles. The van der Waals surface area contributed by atoms with Gasteiger partial charge in [-0.05, 0) is 44.5 Å². The van der Waals surface area contributed by atoms with Crippen molar-refractivity contribution >= 4 is 29.9 Å². The van der Waals surface area contributed by atoms with Crippen molar-refractivity contribution in [3.8, 4) is 5.75 Å². The molecule has 1 aromatic carbocycles. The van der Waals surface area contributed by atoms with Crippen LogP contribution in [0.5, 0.6) is 5.75 Å². The Morgan fingerprint density at radius 2 is 1.94 bits per heavy atom. The molecule has 3 rings (SSSR count). The lowest BCUT2D eigenvalue weighted by Crippen LogP contribution is -2.46. The van der Waals surface area contributed by atoms with Crippen molar-refractivity contribution in [2.24, 2.45) is 4.99 Å². The molecule has 1 aliphatic rings. The number of aliphatic imine (C=N–C) groups is 1. The summed E-state index contributed by atoms with van der Waals surface area (Å²) in [7, 11) is 1.70. The van der Waals surface area contributed by atoms with Crippen molar-refractivity contribution in [1.29, 1.82) is 0 Å². The topological polar surface area (TPSA) is 71.3 Å². The normalized spacial score (nSPS) is 15.8. The van der Waals surface area contributed by atoms with Crippen LogP contribution in [0.15, 0.2) is 39.7 Å². The molecule has 1 unspecified atom stereocenters. The van der Waals surface area contributed by atoms with Crippen molar-refractivity contribution in [2.45, 2.75) is 33.4 Å². The van der Waals surface area contributed by atoms with E-state index in [4.69, 9.17) is 18.9 Å². The molecule has 2 heterocycles. The SMILES string of the molecule is CCNC(=NCc1ccc(C)cc1OC)NCC(c1ccc(C)o1)N1CCOCC1.I. The Labute approximate surface area is 202 Å². The van der Waals surface area contributed by atoms with E-state index < -0.39 is 0 Å². The van der Waals surface area contributed by atoms with E-state index in [9.17, 15) is 0 Å². The molecule has 0 saturated carbocycles. The van der Waals surface area contributed by atoms with Gasteiger partial charge in [-0.2, -0.15) is 0 Å². The third-order valence-electron chi connectivity index (χ3n) is 5.23. The van der Waals surface area contributed by atoms with Gasteiger partial charge in [0.15, 0.2) is 5.96 Å². The van der Waals surface area contributed by atoms with Gasteiger partial charge in [0.1, 0.15) is 17.3 Å². The number of morpholine rings is 1. The third-order valence-corrected chi connectivity index (χ3v) is 5.23. The molecule has 8 heteroatoms. The van der Waals surface area contributed by atoms with E-state index in [0.717, 1.165) is 61.6 Å². The molecular weight excluding hydrogens is 507 g/mol. The number of rotatable bonds is 8. The summed E-state index contributed by atoms with van der Waals surface area (Å²) in [5, 5.41) is 6.84. The molecule has 1 aliphatic heterocycles. The van der Waals surface area contributed by atoms with Crippen LogP contribution in [0.2, 0.25) is 0 Å². The molecule has 0 radical (unpaired) electrons. The molecule has 1 saturated heterocycles. The van der Waals surface area contributed by atoms with Gasteiger partial charge in [-0.1, -0.05) is 12.1 Å². The number of nitrogens with zero attached hydrogens (tertiary/aromatic N) is 2. The molecule has 7 nitrogen and oxygen atoms in total. The molecule has 2 aromatic rings. The van der Waals surface area contributed by atoms with Crippen molar-refractivity contribution in [2.75, 3.05) is 46.5 Å². The van der Waals surface area contributed by atoms with Crippen molar-refractivity contribution in [3.63, 3.8) is 0 Å². The van der Waals surface area contributed by atoms with Crippen molar-refractivity contribution < 1.29 is 13.9 Å². The number of nitrogens with one attached hydrogen (secondary N) is 2. The minimum atomic E-state index is 0. The molecule has 1 aromatic heterocycles. The summed E-state index contributed by atoms with van der Waals surface area (Å²) in [6.45, 7) is 11.4. The highest BCUT2D eigenvalue weighted by molar-refractivity contribution is 14.0. The number of halogens is 1. The fourth-order valence-corrected chi connectivity index (χ4v) is 3.61. The predicted molar refractivity (Wildman–Crippen MR) is 135 cm³/mol. The minimum Gasteiger partial charge on any atom is -0.496 e. The Morgan fingerprint density at radius 3 is 2.58 bits per heavy atom. The maximum Gasteiger partial charge on any atom is 0.191 e. The van der Waals surface area contributed by atoms with E-state index in [1.54, 1.807) is 7.11 Å². The average Bonchev–Trinajstić information content (AvgIpc) is 3.19. The highest BCUT2D eigenvalue weighted by Crippen LogP contribution is 2.24. The summed E-state index contributed by atoms with van der Waals surface area (Å²) in [6, 6.07) is 10.4. The molecule has 1 fully saturated rings. The predicted octanol–water partition coefficient (Wildman–Crippen LogP) is 3.65. The standard InChI is InChI=1S/C23H34N4O3.HI/c1-5-24-23(25-15-19-8-6-17(2)14-22(19)28-4)26-16-20(21-9-7-18(3)30-21)27-10-12-29-13-11-27;/h6-9,14,20H,5,10-13,15-16H2,1-4H3,(H2,24,25,26);1H. The second kappa shape index (κ2) is 12.9. The summed E-state index contributed by atoms with van der Waals surface area (Å²) in [6.07, 6.45) is 0. The van der Waals surface area contributed by atoms with E-state index in [1.165, 1.54) is 5.56 Å². The van der Waals surface area contributed by atoms with Gasteiger partial charge in [-0.3, -0.25) is 4.90 Å². The van der Waals surface area contributed by atoms with Gasteiger partial charge >= 0.3 is 0 Å². The lowest BCUT2D eigenvalue weighted by atomic mass is 10.1. The van der Waals surface area contributed by atoms with Crippen LogP contribution < -0.4 is 15.4 Å². The molecule has 172 valence electrons. The van der Waals surface area contributed by atoms with Crippen LogP contribution in [0, 0.1) is 13.8 Å². The summed E-state index contributed by atoms with van der Waals surface area (Å²) >= 11 is 0. The number of guanidine groups is 1. The quantitative estimate of drug-likeness (QED) is 0.302. The number of furan rings is 1. The second-order valence-electron chi connectivity index (χ2n) is 7.50. The second-order valence-corrected chi connectivity index (χ2v) is 7.50. The van der Waals surface area contributed by atoms with E-state index in [0.29, 0.717) is 13.1 Å². The van der Waals surface area contributed by atoms with Gasteiger partial charge in [-0.25, -0.2) is 4.99 Å². The van der Waals surface area contributed by atoms with Crippen LogP contribution in [0.25, 0.3) is 0 Å². The highest BCUT2D eigenvalue weighted by atomic mass is 127. The molecule has 0 bridgehead atoms. The fourth-order valence-electron chi connectivity index (χ4n) is 3.61. The van der Waals surface area contributed by atoms with Gasteiger partial charge in [0.2, 0.25) is 0 Å². The van der Waals surface area contributed by atoms with Crippen molar-refractivity contribution in [3.05, 3.63) is 53.0 Å². The van der Waals surface area contributed by atoms with E-state index in [1.807, 2.05) is 19.1 Å². The minimum absolute atomic E-state index is 0. The van der Waals surface area contributed by atoms with Crippen LogP contribution in [0.3, 0.4) is 0 Å². The fraction of sp³-hybridized carbons (Fsp3) is 0.522. The van der Waals surface area contributed by atoms with Gasteiger partial charge in [0.05, 0.1) is 32.9 Å². The van der Waals surface area contributed by atoms with Crippen molar-refractivity contribution in [1.82, 2.24) is 15.5 Å². The van der Waals surface area contributed by atoms with Crippen LogP contribution in [0.4, 0.5) is 0 Å². The monoisotopic (exact) mass is 542 g/mol. The zero-order valence-electron chi connectivity index (χ0n) is 18.9. The summed E-state index contributed by atoms with van der Waals surface area (Å²) in [5.74, 6) is 3.54. The molecule has 0 amide bonds. The van der Waals surface area contributed by atoms with Gasteiger partial charge < -0.3 is 24.5 Å². The van der Waals surface area contributed by atoms with Crippen LogP contribution in [-0.2, 0) is 11.3 Å². The first-order valence-corrected chi connectivity index (χ1v) is 10.6. The molecule has 1 atom stereocenters. The van der Waals surface area contributed by atoms with Crippen LogP contribution in [0.1, 0.15) is 35.6 Å². The van der Waals surface area contributed by atoms with E-state index in [2.05, 4.69) is 47.6 Å². The lowest BCUT2D eigenvalue weighted by Gasteiger charge is -2.33. The Balaban J connectivity index is 0.00000341. The van der Waals surface area contributed by atoms with Gasteiger partial charge in [0.25, 0.3) is 0 Å². The van der Waals surface area contributed by atoms with Crippen LogP contribution in [-0.4, -0.2) is 57.4 Å². The van der Waals surface area contributed by atoms with E-state index in [-0.39, 0.29) is 30.0 Å². The van der Waals surface area contributed by atoms with E-state index >= 15 is 0 Å². The Kier molecular flexibility index (Phi) is 10.6. The van der Waals surface area contributed by atoms with Gasteiger partial charge in [0, 0.05) is 31.7 Å². The number of hydrogen-bond donors (Lipinski definition) is 2. The Bertz CT molecular complexity index is 834. The molecule has 0 spiro atoms. The Morgan fingerprint density at radius 1 is 1.16 bits per heavy atom. The molecule has 31 heavy (non-hydrogen) atoms. The van der Waals surface area contributed by atoms with Crippen LogP contribution >= 0.6 is 24.0 Å². The first kappa shape index (κ1) is 25.5. The maximum atomic E-state index is 5.96. The maximum absolute atomic E-state index is 5.96. The number of hydrogen-bond acceptors (Lipinski definition) is 5. The molecule has 2 N–H and O–H groups in total. The number of aryl methyl sites for hydroxylation is 2. The first-order valence-electron chi connectivity index (χ1n) is 10.6. The number of benzene rings is 1. The Hall–Kier alpha value is -1.78. The smallest absolute Gasteiger partial charge is 0.191 e. The van der Waals surface area contributed by atoms with Gasteiger partial charge in [-0.15, -0.1) is 24.0 Å². The molecular formula is C23H35IN4O3. The number of methoxy groups -OCH3 is 1. The average molecular weight is 542 g/mol. The first-order chi connectivity index (χ1) is 14.6. The zero-order chi connectivity index (χ0) is 21.3. The third kappa shape index (κ3) is 7.40. The zero-order valence-corrected chi connectivity index (χ0v) is 21.3.